The summed E-state index contributed by atoms with van der Waals surface area (Å²) in [6.07, 6.45) is 1.21. The second-order valence-electron chi connectivity index (χ2n) is 12.2. The van der Waals surface area contributed by atoms with Gasteiger partial charge in [-0.1, -0.05) is 26.0 Å². The molecule has 3 aromatic carbocycles. The summed E-state index contributed by atoms with van der Waals surface area (Å²) in [5.74, 6) is -1.08. The number of cyclic esters (lactones) is 1. The number of esters is 1. The van der Waals surface area contributed by atoms with E-state index in [-0.39, 0.29) is 11.4 Å². The van der Waals surface area contributed by atoms with Gasteiger partial charge in [0.1, 0.15) is 23.5 Å². The Morgan fingerprint density at radius 2 is 1.74 bits per heavy atom. The minimum Gasteiger partial charge on any atom is -0.496 e. The molecule has 3 aromatic rings. The Bertz CT molecular complexity index is 1590. The second-order valence-corrected chi connectivity index (χ2v) is 12.2. The van der Waals surface area contributed by atoms with Crippen molar-refractivity contribution in [2.24, 2.45) is 5.41 Å². The predicted octanol–water partition coefficient (Wildman–Crippen LogP) is 8.28. The fourth-order valence-electron chi connectivity index (χ4n) is 6.34. The third-order valence-electron chi connectivity index (χ3n) is 8.62. The number of allylic oxidation sites excluding steroid dienone is 1. The minimum atomic E-state index is -0.785. The summed E-state index contributed by atoms with van der Waals surface area (Å²) in [6, 6.07) is 14.4. The summed E-state index contributed by atoms with van der Waals surface area (Å²) >= 11 is 0. The lowest BCUT2D eigenvalue weighted by Gasteiger charge is -2.36. The number of halogens is 2. The van der Waals surface area contributed by atoms with E-state index in [2.05, 4.69) is 19.9 Å². The van der Waals surface area contributed by atoms with Crippen molar-refractivity contribution in [2.75, 3.05) is 20.8 Å². The highest BCUT2D eigenvalue weighted by molar-refractivity contribution is 5.91. The van der Waals surface area contributed by atoms with E-state index in [1.165, 1.54) is 19.2 Å². The average molecular weight is 590 g/mol. The first-order valence-corrected chi connectivity index (χ1v) is 14.4. The molecular formula is C35H37F2NO5. The highest BCUT2D eigenvalue weighted by Gasteiger charge is 2.41. The molecule has 0 unspecified atom stereocenters. The summed E-state index contributed by atoms with van der Waals surface area (Å²) in [5, 5.41) is 0. The Balaban J connectivity index is 1.54. The van der Waals surface area contributed by atoms with Gasteiger partial charge in [0.2, 0.25) is 0 Å². The smallest absolute Gasteiger partial charge is 0.411 e. The fraction of sp³-hybridized carbons (Fsp3) is 0.371. The highest BCUT2D eigenvalue weighted by atomic mass is 19.1. The molecule has 1 amide bonds. The lowest BCUT2D eigenvalue weighted by Crippen LogP contribution is -2.35. The summed E-state index contributed by atoms with van der Waals surface area (Å²) in [4.78, 5) is 26.8. The number of nitrogens with zero attached hydrogens (tertiary/aromatic N) is 1. The van der Waals surface area contributed by atoms with Crippen LogP contribution in [0, 0.1) is 24.0 Å². The van der Waals surface area contributed by atoms with Crippen molar-refractivity contribution in [1.29, 1.82) is 0 Å². The van der Waals surface area contributed by atoms with Crippen molar-refractivity contribution >= 4 is 17.6 Å². The van der Waals surface area contributed by atoms with Crippen molar-refractivity contribution in [3.8, 4) is 16.9 Å². The van der Waals surface area contributed by atoms with Crippen LogP contribution in [0.1, 0.15) is 73.2 Å². The molecule has 1 aliphatic carbocycles. The Hall–Kier alpha value is -4.20. The van der Waals surface area contributed by atoms with Crippen LogP contribution < -0.4 is 4.74 Å². The number of carbonyl (C=O) groups is 2. The number of benzene rings is 3. The van der Waals surface area contributed by atoms with Crippen LogP contribution in [0.3, 0.4) is 0 Å². The fourth-order valence-corrected chi connectivity index (χ4v) is 6.34. The Labute approximate surface area is 251 Å². The zero-order valence-corrected chi connectivity index (χ0v) is 25.4. The molecule has 1 saturated heterocycles. The average Bonchev–Trinajstić information content (AvgIpc) is 3.24. The number of hydrogen-bond acceptors (Lipinski definition) is 5. The molecular weight excluding hydrogens is 552 g/mol. The Morgan fingerprint density at radius 3 is 2.40 bits per heavy atom. The zero-order chi connectivity index (χ0) is 31.1. The van der Waals surface area contributed by atoms with E-state index in [9.17, 15) is 18.4 Å². The zero-order valence-electron chi connectivity index (χ0n) is 25.4. The topological polar surface area (TPSA) is 65.1 Å². The van der Waals surface area contributed by atoms with E-state index in [0.29, 0.717) is 17.7 Å². The highest BCUT2D eigenvalue weighted by Crippen LogP contribution is 2.46. The first kappa shape index (κ1) is 30.3. The van der Waals surface area contributed by atoms with Gasteiger partial charge < -0.3 is 14.2 Å². The monoisotopic (exact) mass is 589 g/mol. The molecule has 226 valence electrons. The van der Waals surface area contributed by atoms with E-state index >= 15 is 0 Å². The van der Waals surface area contributed by atoms with Crippen molar-refractivity contribution in [3.63, 3.8) is 0 Å². The maximum atomic E-state index is 14.0. The normalized spacial score (nSPS) is 19.8. The van der Waals surface area contributed by atoms with E-state index in [1.807, 2.05) is 38.1 Å². The van der Waals surface area contributed by atoms with Gasteiger partial charge in [0, 0.05) is 23.7 Å². The number of ether oxygens (including phenoxy) is 3. The lowest BCUT2D eigenvalue weighted by molar-refractivity contribution is 0.0600. The molecule has 0 saturated carbocycles. The standard InChI is InChI=1S/C35H37F2NO5/c1-20-13-23(33(39)42-6)7-9-28(20)22-8-10-31(41-5)30(16-22)29-11-12-35(3,4)18-25(29)19-38-21(2)32(43-34(38)40)24-14-26(36)17-27(37)15-24/h7-10,13-17,21,32H,11-12,18-19H2,1-6H3/t21-,32-/m0/s1. The van der Waals surface area contributed by atoms with Crippen LogP contribution in [0.25, 0.3) is 16.7 Å². The van der Waals surface area contributed by atoms with Gasteiger partial charge in [0.15, 0.2) is 0 Å². The van der Waals surface area contributed by atoms with Crippen molar-refractivity contribution in [1.82, 2.24) is 4.90 Å². The first-order valence-electron chi connectivity index (χ1n) is 14.4. The van der Waals surface area contributed by atoms with Crippen molar-refractivity contribution < 1.29 is 32.6 Å². The quantitative estimate of drug-likeness (QED) is 0.260. The van der Waals surface area contributed by atoms with Gasteiger partial charge in [-0.3, -0.25) is 4.90 Å². The molecule has 8 heteroatoms. The maximum absolute atomic E-state index is 14.0. The number of carbonyl (C=O) groups excluding carboxylic acids is 2. The molecule has 6 nitrogen and oxygen atoms in total. The number of aryl methyl sites for hydroxylation is 1. The van der Waals surface area contributed by atoms with Gasteiger partial charge in [-0.25, -0.2) is 18.4 Å². The predicted molar refractivity (Wildman–Crippen MR) is 161 cm³/mol. The Kier molecular flexibility index (Phi) is 8.32. The van der Waals surface area contributed by atoms with Crippen LogP contribution in [0.15, 0.2) is 60.2 Å². The van der Waals surface area contributed by atoms with E-state index in [0.717, 1.165) is 64.5 Å². The third kappa shape index (κ3) is 6.14. The molecule has 0 radical (unpaired) electrons. The largest absolute Gasteiger partial charge is 0.496 e. The number of amides is 1. The van der Waals surface area contributed by atoms with Gasteiger partial charge in [-0.05, 0) is 103 Å². The molecule has 0 spiro atoms. The van der Waals surface area contributed by atoms with Crippen LogP contribution >= 0.6 is 0 Å². The number of hydrogen-bond donors (Lipinski definition) is 0. The van der Waals surface area contributed by atoms with Crippen LogP contribution in [0.2, 0.25) is 0 Å². The van der Waals surface area contributed by atoms with Crippen LogP contribution in [0.4, 0.5) is 13.6 Å². The molecule has 0 N–H and O–H groups in total. The van der Waals surface area contributed by atoms with E-state index in [1.54, 1.807) is 18.1 Å². The van der Waals surface area contributed by atoms with Gasteiger partial charge >= 0.3 is 12.1 Å². The molecule has 5 rings (SSSR count). The van der Waals surface area contributed by atoms with Crippen LogP contribution in [0.5, 0.6) is 5.75 Å². The molecule has 2 aliphatic rings. The van der Waals surface area contributed by atoms with Gasteiger partial charge in [-0.15, -0.1) is 0 Å². The first-order chi connectivity index (χ1) is 20.4. The minimum absolute atomic E-state index is 0.0158. The summed E-state index contributed by atoms with van der Waals surface area (Å²) in [6.45, 7) is 8.56. The van der Waals surface area contributed by atoms with Crippen LogP contribution in [-0.4, -0.2) is 43.8 Å². The molecule has 1 aliphatic heterocycles. The SMILES string of the molecule is COC(=O)c1ccc(-c2ccc(OC)c(C3=C(CN4C(=O)O[C@H](c5cc(F)cc(F)c5)[C@@H]4C)CC(C)(C)CC3)c2)c(C)c1. The maximum Gasteiger partial charge on any atom is 0.411 e. The van der Waals surface area contributed by atoms with Gasteiger partial charge in [-0.2, -0.15) is 0 Å². The van der Waals surface area contributed by atoms with Crippen molar-refractivity contribution in [3.05, 3.63) is 94.1 Å². The Morgan fingerprint density at radius 1 is 1.02 bits per heavy atom. The molecule has 0 bridgehead atoms. The lowest BCUT2D eigenvalue weighted by atomic mass is 9.72. The van der Waals surface area contributed by atoms with Gasteiger partial charge in [0.05, 0.1) is 25.8 Å². The second kappa shape index (κ2) is 11.8. The number of methoxy groups -OCH3 is 2. The summed E-state index contributed by atoms with van der Waals surface area (Å²) in [7, 11) is 3.01. The number of rotatable bonds is 7. The molecule has 1 fully saturated rings. The van der Waals surface area contributed by atoms with Gasteiger partial charge in [0.25, 0.3) is 0 Å². The third-order valence-corrected chi connectivity index (χ3v) is 8.62. The van der Waals surface area contributed by atoms with E-state index in [4.69, 9.17) is 14.2 Å². The molecule has 43 heavy (non-hydrogen) atoms. The molecule has 2 atom stereocenters. The van der Waals surface area contributed by atoms with E-state index < -0.39 is 29.9 Å². The summed E-state index contributed by atoms with van der Waals surface area (Å²) < 4.78 is 44.3. The van der Waals surface area contributed by atoms with Crippen LogP contribution in [-0.2, 0) is 9.47 Å². The molecule has 0 aromatic heterocycles. The van der Waals surface area contributed by atoms with Crippen molar-refractivity contribution in [2.45, 2.75) is 59.1 Å². The summed E-state index contributed by atoms with van der Waals surface area (Å²) in [5.41, 5.74) is 6.85. The molecule has 1 heterocycles.